The average molecular weight is 239 g/mol. The fraction of sp³-hybridized carbons (Fsp3) is 0.250. The van der Waals surface area contributed by atoms with Crippen LogP contribution in [0.4, 0.5) is 0 Å². The highest BCUT2D eigenvalue weighted by Gasteiger charge is 1.99. The normalized spacial score (nSPS) is 8.94. The maximum absolute atomic E-state index is 10.8. The van der Waals surface area contributed by atoms with Gasteiger partial charge in [0.2, 0.25) is 0 Å². The van der Waals surface area contributed by atoms with Crippen LogP contribution in [-0.4, -0.2) is 20.2 Å². The van der Waals surface area contributed by atoms with Crippen molar-refractivity contribution >= 4 is 17.6 Å². The molecule has 84 valence electrons. The zero-order chi connectivity index (χ0) is 12.0. The Bertz CT molecular complexity index is 443. The first-order valence-corrected chi connectivity index (χ1v) is 4.94. The highest BCUT2D eigenvalue weighted by Crippen LogP contribution is 2.21. The van der Waals surface area contributed by atoms with E-state index in [9.17, 15) is 4.79 Å². The molecule has 1 aromatic carbocycles. The lowest BCUT2D eigenvalue weighted by molar-refractivity contribution is -0.139. The third-order valence-electron chi connectivity index (χ3n) is 1.86. The summed E-state index contributed by atoms with van der Waals surface area (Å²) in [6.45, 7) is 0. The van der Waals surface area contributed by atoms with Crippen LogP contribution in [0.1, 0.15) is 12.0 Å². The van der Waals surface area contributed by atoms with Crippen LogP contribution in [-0.2, 0) is 9.53 Å². The predicted octanol–water partition coefficient (Wildman–Crippen LogP) is 2.26. The van der Waals surface area contributed by atoms with Gasteiger partial charge in [0, 0.05) is 5.56 Å². The molecule has 1 rings (SSSR count). The molecule has 0 bridgehead atoms. The minimum absolute atomic E-state index is 0.0544. The monoisotopic (exact) mass is 238 g/mol. The molecule has 0 atom stereocenters. The molecule has 3 nitrogen and oxygen atoms in total. The number of carbonyl (C=O) groups excluding carboxylic acids is 1. The molecule has 0 saturated heterocycles. The molecule has 0 aliphatic rings. The largest absolute Gasteiger partial charge is 0.497 e. The second-order valence-corrected chi connectivity index (χ2v) is 3.31. The summed E-state index contributed by atoms with van der Waals surface area (Å²) in [5.74, 6) is 5.78. The highest BCUT2D eigenvalue weighted by atomic mass is 35.5. The van der Waals surface area contributed by atoms with E-state index >= 15 is 0 Å². The number of ether oxygens (including phenoxy) is 2. The molecular weight excluding hydrogens is 228 g/mol. The van der Waals surface area contributed by atoms with Gasteiger partial charge in [-0.05, 0) is 18.2 Å². The van der Waals surface area contributed by atoms with E-state index in [1.165, 1.54) is 7.11 Å². The summed E-state index contributed by atoms with van der Waals surface area (Å²) < 4.78 is 9.46. The number of halogens is 1. The van der Waals surface area contributed by atoms with Crippen molar-refractivity contribution in [2.75, 3.05) is 14.2 Å². The second-order valence-electron chi connectivity index (χ2n) is 2.90. The number of benzene rings is 1. The van der Waals surface area contributed by atoms with Gasteiger partial charge in [-0.15, -0.1) is 0 Å². The van der Waals surface area contributed by atoms with Gasteiger partial charge in [0.05, 0.1) is 19.2 Å². The molecule has 0 unspecified atom stereocenters. The molecule has 0 amide bonds. The van der Waals surface area contributed by atoms with Crippen molar-refractivity contribution in [2.45, 2.75) is 6.42 Å². The Hall–Kier alpha value is -1.66. The lowest BCUT2D eigenvalue weighted by atomic mass is 10.2. The molecule has 0 fully saturated rings. The zero-order valence-electron chi connectivity index (χ0n) is 9.04. The van der Waals surface area contributed by atoms with Gasteiger partial charge in [0.25, 0.3) is 0 Å². The molecule has 0 radical (unpaired) electrons. The first-order valence-electron chi connectivity index (χ1n) is 4.56. The highest BCUT2D eigenvalue weighted by molar-refractivity contribution is 6.31. The summed E-state index contributed by atoms with van der Waals surface area (Å²) in [5.41, 5.74) is 0.659. The number of rotatable bonds is 2. The van der Waals surface area contributed by atoms with Crippen molar-refractivity contribution in [3.63, 3.8) is 0 Å². The maximum Gasteiger partial charge on any atom is 0.317 e. The van der Waals surface area contributed by atoms with Gasteiger partial charge in [0.1, 0.15) is 12.2 Å². The molecule has 0 spiro atoms. The van der Waals surface area contributed by atoms with Gasteiger partial charge >= 0.3 is 5.97 Å². The van der Waals surface area contributed by atoms with Crippen LogP contribution >= 0.6 is 11.6 Å². The smallest absolute Gasteiger partial charge is 0.317 e. The molecule has 4 heteroatoms. The fourth-order valence-electron chi connectivity index (χ4n) is 1.01. The Kier molecular flexibility index (Phi) is 4.68. The molecule has 0 aromatic heterocycles. The maximum atomic E-state index is 10.8. The van der Waals surface area contributed by atoms with Gasteiger partial charge in [0.15, 0.2) is 0 Å². The van der Waals surface area contributed by atoms with Crippen LogP contribution in [0.3, 0.4) is 0 Å². The Labute approximate surface area is 99.3 Å². The van der Waals surface area contributed by atoms with E-state index < -0.39 is 0 Å². The number of esters is 1. The van der Waals surface area contributed by atoms with Crippen LogP contribution in [0.5, 0.6) is 5.75 Å². The standard InChI is InChI=1S/C12H11ClO3/c1-15-10-7-6-9(11(13)8-10)4-3-5-12(14)16-2/h6-8H,5H2,1-2H3. The van der Waals surface area contributed by atoms with Crippen molar-refractivity contribution in [1.29, 1.82) is 0 Å². The molecule has 0 aliphatic heterocycles. The second kappa shape index (κ2) is 6.04. The number of hydrogen-bond acceptors (Lipinski definition) is 3. The van der Waals surface area contributed by atoms with E-state index in [1.54, 1.807) is 25.3 Å². The SMILES string of the molecule is COC(=O)CC#Cc1ccc(OC)cc1Cl. The van der Waals surface area contributed by atoms with E-state index in [1.807, 2.05) is 0 Å². The summed E-state index contributed by atoms with van der Waals surface area (Å²) in [5, 5.41) is 0.497. The van der Waals surface area contributed by atoms with E-state index in [-0.39, 0.29) is 12.4 Å². The summed E-state index contributed by atoms with van der Waals surface area (Å²) in [4.78, 5) is 10.8. The van der Waals surface area contributed by atoms with Crippen molar-refractivity contribution in [1.82, 2.24) is 0 Å². The Morgan fingerprint density at radius 1 is 1.44 bits per heavy atom. The van der Waals surface area contributed by atoms with Gasteiger partial charge in [-0.1, -0.05) is 23.4 Å². The minimum atomic E-state index is -0.364. The van der Waals surface area contributed by atoms with Crippen LogP contribution in [0.2, 0.25) is 5.02 Å². The quantitative estimate of drug-likeness (QED) is 0.586. The lowest BCUT2D eigenvalue weighted by Gasteiger charge is -2.00. The summed E-state index contributed by atoms with van der Waals surface area (Å²) >= 11 is 5.96. The van der Waals surface area contributed by atoms with Crippen LogP contribution in [0, 0.1) is 11.8 Å². The average Bonchev–Trinajstić information content (AvgIpc) is 2.30. The van der Waals surface area contributed by atoms with Crippen LogP contribution in [0.15, 0.2) is 18.2 Å². The molecular formula is C12H11ClO3. The third-order valence-corrected chi connectivity index (χ3v) is 2.17. The van der Waals surface area contributed by atoms with Crippen molar-refractivity contribution in [2.24, 2.45) is 0 Å². The molecule has 0 saturated carbocycles. The Balaban J connectivity index is 2.77. The fourth-order valence-corrected chi connectivity index (χ4v) is 1.23. The van der Waals surface area contributed by atoms with Crippen molar-refractivity contribution in [3.8, 4) is 17.6 Å². The zero-order valence-corrected chi connectivity index (χ0v) is 9.80. The number of hydrogen-bond donors (Lipinski definition) is 0. The first-order chi connectivity index (χ1) is 7.67. The van der Waals surface area contributed by atoms with Crippen molar-refractivity contribution in [3.05, 3.63) is 28.8 Å². The van der Waals surface area contributed by atoms with Crippen LogP contribution in [0.25, 0.3) is 0 Å². The summed E-state index contributed by atoms with van der Waals surface area (Å²) in [6.07, 6.45) is 0.0544. The predicted molar refractivity (Wildman–Crippen MR) is 61.5 cm³/mol. The van der Waals surface area contributed by atoms with E-state index in [4.69, 9.17) is 16.3 Å². The molecule has 0 aliphatic carbocycles. The van der Waals surface area contributed by atoms with Gasteiger partial charge in [-0.25, -0.2) is 0 Å². The lowest BCUT2D eigenvalue weighted by Crippen LogP contribution is -1.97. The Morgan fingerprint density at radius 3 is 2.75 bits per heavy atom. The summed E-state index contributed by atoms with van der Waals surface area (Å²) in [7, 11) is 2.89. The molecule has 1 aromatic rings. The molecule has 0 heterocycles. The van der Waals surface area contributed by atoms with E-state index in [0.29, 0.717) is 16.3 Å². The third kappa shape index (κ3) is 3.48. The first kappa shape index (κ1) is 12.4. The molecule has 16 heavy (non-hydrogen) atoms. The van der Waals surface area contributed by atoms with E-state index in [0.717, 1.165) is 0 Å². The van der Waals surface area contributed by atoms with Crippen LogP contribution < -0.4 is 4.74 Å². The number of carbonyl (C=O) groups is 1. The van der Waals surface area contributed by atoms with E-state index in [2.05, 4.69) is 16.6 Å². The van der Waals surface area contributed by atoms with Gasteiger partial charge in [-0.2, -0.15) is 0 Å². The summed E-state index contributed by atoms with van der Waals surface area (Å²) in [6, 6.07) is 5.17. The number of methoxy groups -OCH3 is 2. The van der Waals surface area contributed by atoms with Crippen molar-refractivity contribution < 1.29 is 14.3 Å². The minimum Gasteiger partial charge on any atom is -0.497 e. The topological polar surface area (TPSA) is 35.5 Å². The molecule has 0 N–H and O–H groups in total. The van der Waals surface area contributed by atoms with Gasteiger partial charge < -0.3 is 9.47 Å². The van der Waals surface area contributed by atoms with Gasteiger partial charge in [-0.3, -0.25) is 4.79 Å². The Morgan fingerprint density at radius 2 is 2.19 bits per heavy atom.